The molecule has 4 aliphatic rings. The minimum atomic E-state index is -1.83. The predicted octanol–water partition coefficient (Wildman–Crippen LogP) is 0.494. The molecule has 0 saturated carbocycles. The molecule has 1 saturated heterocycles. The van der Waals surface area contributed by atoms with E-state index in [1.807, 2.05) is 0 Å². The second kappa shape index (κ2) is 12.9. The van der Waals surface area contributed by atoms with Gasteiger partial charge in [-0.1, -0.05) is 40.0 Å². The van der Waals surface area contributed by atoms with Gasteiger partial charge in [-0.3, -0.25) is 19.3 Å². The largest absolute Gasteiger partial charge is 0.466 e. The number of likely N-dealkylation sites (tertiary alicyclic amines) is 1. The Kier molecular flexibility index (Phi) is 9.41. The number of thioether (sulfide) groups is 3. The van der Waals surface area contributed by atoms with Crippen molar-refractivity contribution in [2.24, 2.45) is 0 Å². The zero-order valence-electron chi connectivity index (χ0n) is 26.7. The van der Waals surface area contributed by atoms with Crippen molar-refractivity contribution in [2.75, 3.05) is 47.0 Å². The van der Waals surface area contributed by atoms with Gasteiger partial charge in [-0.2, -0.15) is 0 Å². The molecule has 4 aliphatic heterocycles. The number of rotatable bonds is 7. The minimum Gasteiger partial charge on any atom is -0.466 e. The summed E-state index contributed by atoms with van der Waals surface area (Å²) in [6, 6.07) is 0. The Balaban J connectivity index is 1.86. The van der Waals surface area contributed by atoms with Crippen molar-refractivity contribution in [1.82, 2.24) is 9.88 Å². The van der Waals surface area contributed by atoms with Crippen LogP contribution >= 0.6 is 35.3 Å². The lowest BCUT2D eigenvalue weighted by atomic mass is 9.85. The number of carbonyl (C=O) groups excluding carboxylic acids is 7. The molecule has 0 N–H and O–H groups in total. The van der Waals surface area contributed by atoms with Crippen LogP contribution in [0.3, 0.4) is 0 Å². The molecule has 16 nitrogen and oxygen atoms in total. The number of anilines is 1. The molecule has 3 amide bonds. The summed E-state index contributed by atoms with van der Waals surface area (Å²) >= 11 is 2.33. The number of methoxy groups -OCH3 is 4. The Morgan fingerprint density at radius 2 is 1.35 bits per heavy atom. The van der Waals surface area contributed by atoms with E-state index in [1.165, 1.54) is 29.3 Å². The molecule has 254 valence electrons. The van der Waals surface area contributed by atoms with Crippen molar-refractivity contribution in [2.45, 2.75) is 36.3 Å². The third kappa shape index (κ3) is 5.23. The lowest BCUT2D eigenvalue weighted by molar-refractivity contribution is -0.877. The summed E-state index contributed by atoms with van der Waals surface area (Å²) < 4.78 is 19.6. The van der Waals surface area contributed by atoms with Gasteiger partial charge in [0.2, 0.25) is 11.8 Å². The van der Waals surface area contributed by atoms with Crippen LogP contribution < -0.4 is 14.5 Å². The van der Waals surface area contributed by atoms with Crippen LogP contribution in [0.5, 0.6) is 0 Å². The van der Waals surface area contributed by atoms with Crippen molar-refractivity contribution in [3.63, 3.8) is 0 Å². The quantitative estimate of drug-likeness (QED) is 0.164. The van der Waals surface area contributed by atoms with Crippen molar-refractivity contribution < 1.29 is 62.1 Å². The first-order chi connectivity index (χ1) is 22.7. The second-order valence-electron chi connectivity index (χ2n) is 10.8. The number of ether oxygens (including phenoxy) is 4. The van der Waals surface area contributed by atoms with E-state index in [0.717, 1.165) is 68.6 Å². The molecule has 1 aromatic rings. The fourth-order valence-corrected chi connectivity index (χ4v) is 10.8. The van der Waals surface area contributed by atoms with Gasteiger partial charge in [-0.25, -0.2) is 24.1 Å². The van der Waals surface area contributed by atoms with Crippen molar-refractivity contribution in [3.8, 4) is 0 Å². The Morgan fingerprint density at radius 1 is 0.833 bits per heavy atom. The van der Waals surface area contributed by atoms with Crippen LogP contribution in [-0.4, -0.2) is 103 Å². The average molecular weight is 722 g/mol. The lowest BCUT2D eigenvalue weighted by Gasteiger charge is -2.47. The molecular weight excluding hydrogens is 693 g/mol. The Bertz CT molecular complexity index is 1760. The summed E-state index contributed by atoms with van der Waals surface area (Å²) in [6.45, 7) is 2.70. The van der Waals surface area contributed by atoms with Gasteiger partial charge in [0.15, 0.2) is 0 Å². The second-order valence-corrected chi connectivity index (χ2v) is 14.5. The van der Waals surface area contributed by atoms with E-state index >= 15 is 0 Å². The van der Waals surface area contributed by atoms with Gasteiger partial charge >= 0.3 is 29.8 Å². The number of hydrogen-bond donors (Lipinski definition) is 0. The van der Waals surface area contributed by atoms with E-state index in [4.69, 9.17) is 23.8 Å². The predicted molar refractivity (Wildman–Crippen MR) is 169 cm³/mol. The summed E-state index contributed by atoms with van der Waals surface area (Å²) in [7, 11) is 5.76. The highest BCUT2D eigenvalue weighted by atomic mass is 32.2. The number of carbonyl (C=O) groups is 7. The number of imide groups is 1. The number of aromatic nitrogens is 2. The molecule has 0 bridgehead atoms. The number of nitrogens with zero attached hydrogens (tertiary/aromatic N) is 4. The molecule has 0 aliphatic carbocycles. The maximum atomic E-state index is 14.3. The molecule has 5 heterocycles. The zero-order valence-corrected chi connectivity index (χ0v) is 29.1. The molecule has 0 aromatic carbocycles. The van der Waals surface area contributed by atoms with E-state index in [2.05, 4.69) is 4.98 Å². The molecule has 1 aromatic heterocycles. The van der Waals surface area contributed by atoms with E-state index in [9.17, 15) is 33.6 Å². The normalized spacial score (nSPS) is 19.3. The molecule has 1 fully saturated rings. The summed E-state index contributed by atoms with van der Waals surface area (Å²) in [4.78, 5) is 105. The highest BCUT2D eigenvalue weighted by molar-refractivity contribution is 8.26. The van der Waals surface area contributed by atoms with Crippen LogP contribution in [0.2, 0.25) is 0 Å². The van der Waals surface area contributed by atoms with Gasteiger partial charge in [0, 0.05) is 23.3 Å². The van der Waals surface area contributed by atoms with E-state index in [1.54, 1.807) is 13.8 Å². The maximum absolute atomic E-state index is 14.3. The molecule has 0 atom stereocenters. The van der Waals surface area contributed by atoms with Gasteiger partial charge in [-0.15, -0.1) is 4.98 Å². The molecule has 0 unspecified atom stereocenters. The standard InChI is InChI=1S/C29H29N4O12S3/c1-28(2)22-17(13-10-30-12-32(45-7)23(13)33(28)16(36)11-31-14(34)8-9-15(31)35)29(18(24(37)41-3)19(46-22)25(38)42-4)47-20(26(39)43-5)21(48-29)27(40)44-6/h10,12H,8-9,11H2,1-7H3/q+1. The van der Waals surface area contributed by atoms with Crippen molar-refractivity contribution in [1.29, 1.82) is 0 Å². The van der Waals surface area contributed by atoms with E-state index in [-0.39, 0.29) is 50.1 Å². The summed E-state index contributed by atoms with van der Waals surface area (Å²) in [5, 5.41) is 0. The zero-order chi connectivity index (χ0) is 35.3. The van der Waals surface area contributed by atoms with Crippen molar-refractivity contribution >= 4 is 88.3 Å². The molecule has 48 heavy (non-hydrogen) atoms. The number of esters is 4. The first-order valence-electron chi connectivity index (χ1n) is 14.0. The molecule has 1 spiro atoms. The summed E-state index contributed by atoms with van der Waals surface area (Å²) in [6.07, 6.45) is 2.60. The van der Waals surface area contributed by atoms with Gasteiger partial charge in [-0.05, 0) is 13.8 Å². The Labute approximate surface area is 286 Å². The van der Waals surface area contributed by atoms with Crippen LogP contribution in [-0.2, 0) is 52.5 Å². The van der Waals surface area contributed by atoms with Crippen LogP contribution in [0.4, 0.5) is 5.82 Å². The fourth-order valence-electron chi connectivity index (χ4n) is 5.71. The fraction of sp³-hybridized carbons (Fsp3) is 0.414. The molecular formula is C29H29N4O12S3+. The van der Waals surface area contributed by atoms with Crippen LogP contribution in [0.15, 0.2) is 37.7 Å². The smallest absolute Gasteiger partial charge is 0.345 e. The summed E-state index contributed by atoms with van der Waals surface area (Å²) in [5.41, 5.74) is -1.23. The lowest BCUT2D eigenvalue weighted by Crippen LogP contribution is -2.61. The monoisotopic (exact) mass is 721 g/mol. The minimum absolute atomic E-state index is 0.0299. The third-order valence-electron chi connectivity index (χ3n) is 7.83. The summed E-state index contributed by atoms with van der Waals surface area (Å²) in [5.74, 6) is -5.35. The maximum Gasteiger partial charge on any atom is 0.345 e. The van der Waals surface area contributed by atoms with Gasteiger partial charge in [0.1, 0.15) is 44.2 Å². The van der Waals surface area contributed by atoms with E-state index in [0.29, 0.717) is 4.91 Å². The number of hydrogen-bond acceptors (Lipinski definition) is 16. The van der Waals surface area contributed by atoms with Gasteiger partial charge in [0.25, 0.3) is 12.1 Å². The average Bonchev–Trinajstić information content (AvgIpc) is 3.62. The molecule has 5 rings (SSSR count). The van der Waals surface area contributed by atoms with Gasteiger partial charge < -0.3 is 23.8 Å². The molecule has 19 heteroatoms. The Hall–Kier alpha value is -4.36. The first-order valence-corrected chi connectivity index (χ1v) is 16.4. The van der Waals surface area contributed by atoms with Crippen molar-refractivity contribution in [3.05, 3.63) is 43.3 Å². The first kappa shape index (κ1) is 35.0. The number of fused-ring (bicyclic) bond motifs is 3. The number of amides is 3. The van der Waals surface area contributed by atoms with Gasteiger partial charge in [0.05, 0.1) is 39.6 Å². The highest BCUT2D eigenvalue weighted by Gasteiger charge is 2.64. The van der Waals surface area contributed by atoms with Crippen LogP contribution in [0.1, 0.15) is 32.3 Å². The van der Waals surface area contributed by atoms with Crippen LogP contribution in [0, 0.1) is 0 Å². The highest BCUT2D eigenvalue weighted by Crippen LogP contribution is 2.70. The van der Waals surface area contributed by atoms with E-state index < -0.39 is 57.8 Å². The van der Waals surface area contributed by atoms with Crippen LogP contribution in [0.25, 0.3) is 5.57 Å². The third-order valence-corrected chi connectivity index (χ3v) is 12.5. The topological polar surface area (TPSA) is 189 Å². The molecule has 0 radical (unpaired) electrons. The SMILES string of the molecule is COC(=O)C1=C(C(=O)OC)SC2(S1)C(C(=O)OC)=C(C(=O)OC)SC1=C2c2cnc[n+](OC)c2N(C(=O)CN2C(=O)CCC2=O)C1(C)C. The Morgan fingerprint density at radius 3 is 1.85 bits per heavy atom.